The standard InChI is InChI=1S/C15H26N4O2/c1-5-21-15(20)12-8-17-19(4)14(12)9-16-13-6-7-18(3)10-11(13)2/h8,11,13,16H,5-7,9-10H2,1-4H3. The maximum absolute atomic E-state index is 11.9. The van der Waals surface area contributed by atoms with Crippen LogP contribution < -0.4 is 5.32 Å². The Balaban J connectivity index is 2.00. The molecule has 2 unspecified atom stereocenters. The van der Waals surface area contributed by atoms with Gasteiger partial charge in [0.05, 0.1) is 18.5 Å². The molecule has 2 rings (SSSR count). The maximum Gasteiger partial charge on any atom is 0.341 e. The molecule has 1 aliphatic rings. The van der Waals surface area contributed by atoms with Gasteiger partial charge in [-0.3, -0.25) is 4.68 Å². The molecule has 0 saturated carbocycles. The Hall–Kier alpha value is -1.40. The van der Waals surface area contributed by atoms with Crippen LogP contribution in [0.25, 0.3) is 0 Å². The normalized spacial score (nSPS) is 23.2. The first kappa shape index (κ1) is 16.0. The number of rotatable bonds is 5. The summed E-state index contributed by atoms with van der Waals surface area (Å²) in [6.45, 7) is 7.32. The van der Waals surface area contributed by atoms with Crippen molar-refractivity contribution in [1.82, 2.24) is 20.0 Å². The highest BCUT2D eigenvalue weighted by molar-refractivity contribution is 5.90. The van der Waals surface area contributed by atoms with E-state index in [-0.39, 0.29) is 5.97 Å². The van der Waals surface area contributed by atoms with E-state index in [4.69, 9.17) is 4.74 Å². The molecule has 1 aromatic rings. The zero-order valence-corrected chi connectivity index (χ0v) is 13.4. The number of aryl methyl sites for hydroxylation is 1. The van der Waals surface area contributed by atoms with E-state index in [2.05, 4.69) is 29.3 Å². The van der Waals surface area contributed by atoms with E-state index < -0.39 is 0 Å². The Bertz CT molecular complexity index is 486. The molecule has 1 fully saturated rings. The van der Waals surface area contributed by atoms with Crippen LogP contribution in [0, 0.1) is 5.92 Å². The molecule has 0 aliphatic carbocycles. The zero-order valence-electron chi connectivity index (χ0n) is 13.4. The largest absolute Gasteiger partial charge is 0.462 e. The molecular weight excluding hydrogens is 268 g/mol. The van der Waals surface area contributed by atoms with E-state index in [0.717, 1.165) is 25.2 Å². The third-order valence-electron chi connectivity index (χ3n) is 4.20. The molecule has 0 amide bonds. The minimum absolute atomic E-state index is 0.293. The number of hydrogen-bond acceptors (Lipinski definition) is 5. The molecule has 21 heavy (non-hydrogen) atoms. The van der Waals surface area contributed by atoms with Gasteiger partial charge in [0.25, 0.3) is 0 Å². The topological polar surface area (TPSA) is 59.4 Å². The summed E-state index contributed by atoms with van der Waals surface area (Å²) in [5.41, 5.74) is 1.45. The summed E-state index contributed by atoms with van der Waals surface area (Å²) in [5.74, 6) is 0.307. The van der Waals surface area contributed by atoms with E-state index in [9.17, 15) is 4.79 Å². The molecule has 118 valence electrons. The van der Waals surface area contributed by atoms with Crippen LogP contribution in [0.1, 0.15) is 36.3 Å². The number of piperidine rings is 1. The highest BCUT2D eigenvalue weighted by Gasteiger charge is 2.25. The highest BCUT2D eigenvalue weighted by Crippen LogP contribution is 2.17. The fourth-order valence-corrected chi connectivity index (χ4v) is 2.94. The Labute approximate surface area is 126 Å². The van der Waals surface area contributed by atoms with E-state index in [0.29, 0.717) is 30.7 Å². The van der Waals surface area contributed by atoms with Crippen molar-refractivity contribution >= 4 is 5.97 Å². The lowest BCUT2D eigenvalue weighted by molar-refractivity contribution is 0.0524. The highest BCUT2D eigenvalue weighted by atomic mass is 16.5. The van der Waals surface area contributed by atoms with Crippen LogP contribution in [0.2, 0.25) is 0 Å². The lowest BCUT2D eigenvalue weighted by atomic mass is 9.94. The number of aromatic nitrogens is 2. The van der Waals surface area contributed by atoms with Crippen LogP contribution in [0.3, 0.4) is 0 Å². The average Bonchev–Trinajstić information content (AvgIpc) is 2.79. The van der Waals surface area contributed by atoms with Crippen molar-refractivity contribution in [1.29, 1.82) is 0 Å². The summed E-state index contributed by atoms with van der Waals surface area (Å²) in [4.78, 5) is 14.3. The summed E-state index contributed by atoms with van der Waals surface area (Å²) < 4.78 is 6.83. The number of carbonyl (C=O) groups is 1. The van der Waals surface area contributed by atoms with Crippen LogP contribution in [0.5, 0.6) is 0 Å². The molecule has 1 aliphatic heterocycles. The van der Waals surface area contributed by atoms with Gasteiger partial charge in [0.2, 0.25) is 0 Å². The molecule has 0 radical (unpaired) electrons. The van der Waals surface area contributed by atoms with Gasteiger partial charge in [-0.1, -0.05) is 6.92 Å². The Kier molecular flexibility index (Phi) is 5.36. The summed E-state index contributed by atoms with van der Waals surface area (Å²) in [7, 11) is 4.02. The molecule has 0 spiro atoms. The van der Waals surface area contributed by atoms with Crippen LogP contribution in [0.4, 0.5) is 0 Å². The SMILES string of the molecule is CCOC(=O)c1cnn(C)c1CNC1CCN(C)CC1C. The van der Waals surface area contributed by atoms with E-state index in [1.165, 1.54) is 0 Å². The minimum Gasteiger partial charge on any atom is -0.462 e. The first-order chi connectivity index (χ1) is 10.0. The van der Waals surface area contributed by atoms with Gasteiger partial charge in [0.1, 0.15) is 5.56 Å². The van der Waals surface area contributed by atoms with E-state index in [1.807, 2.05) is 14.0 Å². The van der Waals surface area contributed by atoms with Crippen molar-refractivity contribution in [3.05, 3.63) is 17.5 Å². The molecule has 1 N–H and O–H groups in total. The maximum atomic E-state index is 11.9. The number of ether oxygens (including phenoxy) is 1. The van der Waals surface area contributed by atoms with Gasteiger partial charge >= 0.3 is 5.97 Å². The van der Waals surface area contributed by atoms with E-state index in [1.54, 1.807) is 10.9 Å². The van der Waals surface area contributed by atoms with Crippen molar-refractivity contribution in [2.24, 2.45) is 13.0 Å². The van der Waals surface area contributed by atoms with Gasteiger partial charge in [-0.05, 0) is 32.9 Å². The summed E-state index contributed by atoms with van der Waals surface area (Å²) >= 11 is 0. The monoisotopic (exact) mass is 294 g/mol. The van der Waals surface area contributed by atoms with Gasteiger partial charge in [-0.15, -0.1) is 0 Å². The predicted molar refractivity (Wildman–Crippen MR) is 81.1 cm³/mol. The lowest BCUT2D eigenvalue weighted by Crippen LogP contribution is -2.46. The Morgan fingerprint density at radius 1 is 1.52 bits per heavy atom. The predicted octanol–water partition coefficient (Wildman–Crippen LogP) is 1.03. The van der Waals surface area contributed by atoms with Gasteiger partial charge in [-0.2, -0.15) is 5.10 Å². The molecule has 6 nitrogen and oxygen atoms in total. The zero-order chi connectivity index (χ0) is 15.4. The minimum atomic E-state index is -0.293. The molecule has 0 bridgehead atoms. The Morgan fingerprint density at radius 2 is 2.29 bits per heavy atom. The number of esters is 1. The van der Waals surface area contributed by atoms with Crippen molar-refractivity contribution in [2.75, 3.05) is 26.7 Å². The number of nitrogens with one attached hydrogen (secondary N) is 1. The number of carbonyl (C=O) groups excluding carboxylic acids is 1. The second kappa shape index (κ2) is 7.04. The average molecular weight is 294 g/mol. The van der Waals surface area contributed by atoms with Crippen molar-refractivity contribution in [2.45, 2.75) is 32.9 Å². The molecular formula is C15H26N4O2. The first-order valence-electron chi connectivity index (χ1n) is 7.62. The molecule has 6 heteroatoms. The lowest BCUT2D eigenvalue weighted by Gasteiger charge is -2.35. The second-order valence-electron chi connectivity index (χ2n) is 5.86. The second-order valence-corrected chi connectivity index (χ2v) is 5.86. The van der Waals surface area contributed by atoms with Crippen molar-refractivity contribution < 1.29 is 9.53 Å². The number of likely N-dealkylation sites (tertiary alicyclic amines) is 1. The molecule has 1 saturated heterocycles. The molecule has 2 atom stereocenters. The van der Waals surface area contributed by atoms with Crippen molar-refractivity contribution in [3.8, 4) is 0 Å². The molecule has 2 heterocycles. The molecule has 1 aromatic heterocycles. The van der Waals surface area contributed by atoms with Crippen LogP contribution in [-0.2, 0) is 18.3 Å². The Morgan fingerprint density at radius 3 is 2.95 bits per heavy atom. The van der Waals surface area contributed by atoms with Gasteiger partial charge < -0.3 is 15.0 Å². The van der Waals surface area contributed by atoms with Gasteiger partial charge in [-0.25, -0.2) is 4.79 Å². The number of hydrogen-bond donors (Lipinski definition) is 1. The van der Waals surface area contributed by atoms with Crippen LogP contribution in [0.15, 0.2) is 6.20 Å². The van der Waals surface area contributed by atoms with Crippen molar-refractivity contribution in [3.63, 3.8) is 0 Å². The fourth-order valence-electron chi connectivity index (χ4n) is 2.94. The first-order valence-corrected chi connectivity index (χ1v) is 7.62. The third-order valence-corrected chi connectivity index (χ3v) is 4.20. The van der Waals surface area contributed by atoms with Gasteiger partial charge in [0, 0.05) is 26.2 Å². The summed E-state index contributed by atoms with van der Waals surface area (Å²) in [6, 6.07) is 0.478. The fraction of sp³-hybridized carbons (Fsp3) is 0.733. The third kappa shape index (κ3) is 3.83. The smallest absolute Gasteiger partial charge is 0.341 e. The van der Waals surface area contributed by atoms with E-state index >= 15 is 0 Å². The van der Waals surface area contributed by atoms with Crippen LogP contribution in [-0.4, -0.2) is 53.4 Å². The number of nitrogens with zero attached hydrogens (tertiary/aromatic N) is 3. The van der Waals surface area contributed by atoms with Crippen LogP contribution >= 0.6 is 0 Å². The quantitative estimate of drug-likeness (QED) is 0.822. The van der Waals surface area contributed by atoms with Gasteiger partial charge in [0.15, 0.2) is 0 Å². The summed E-state index contributed by atoms with van der Waals surface area (Å²) in [5, 5.41) is 7.76. The molecule has 0 aromatic carbocycles. The summed E-state index contributed by atoms with van der Waals surface area (Å²) in [6.07, 6.45) is 2.72.